The van der Waals surface area contributed by atoms with Crippen molar-refractivity contribution in [1.29, 1.82) is 0 Å². The summed E-state index contributed by atoms with van der Waals surface area (Å²) in [6, 6.07) is 0.655. The maximum atomic E-state index is 12.7. The van der Waals surface area contributed by atoms with Crippen LogP contribution >= 0.6 is 0 Å². The molecule has 1 aromatic heterocycles. The Kier molecular flexibility index (Phi) is 4.16. The third kappa shape index (κ3) is 3.75. The highest BCUT2D eigenvalue weighted by Gasteiger charge is 2.42. The Morgan fingerprint density at radius 2 is 1.70 bits per heavy atom. The minimum atomic E-state index is -4.93. The van der Waals surface area contributed by atoms with Gasteiger partial charge in [-0.3, -0.25) is 0 Å². The minimum absolute atomic E-state index is 0.655. The zero-order chi connectivity index (χ0) is 15.7. The first-order valence-electron chi connectivity index (χ1n) is 5.48. The molecule has 0 aromatic carbocycles. The van der Waals surface area contributed by atoms with E-state index in [1.807, 2.05) is 0 Å². The van der Waals surface area contributed by atoms with Crippen LogP contribution in [0.25, 0.3) is 0 Å². The Hall–Kier alpha value is -1.99. The summed E-state index contributed by atoms with van der Waals surface area (Å²) in [5.74, 6) is -4.66. The van der Waals surface area contributed by atoms with Crippen molar-refractivity contribution in [2.75, 3.05) is 7.11 Å². The van der Waals surface area contributed by atoms with E-state index in [2.05, 4.69) is 9.15 Å². The molecule has 8 heteroatoms. The van der Waals surface area contributed by atoms with E-state index in [9.17, 15) is 22.8 Å². The molecule has 20 heavy (non-hydrogen) atoms. The van der Waals surface area contributed by atoms with E-state index in [1.165, 1.54) is 0 Å². The summed E-state index contributed by atoms with van der Waals surface area (Å²) < 4.78 is 51.6. The zero-order valence-electron chi connectivity index (χ0n) is 11.3. The van der Waals surface area contributed by atoms with Crippen LogP contribution in [0, 0.1) is 0 Å². The summed E-state index contributed by atoms with van der Waals surface area (Å²) >= 11 is 0. The highest BCUT2D eigenvalue weighted by Crippen LogP contribution is 2.35. The maximum absolute atomic E-state index is 12.7. The minimum Gasteiger partial charge on any atom is -0.465 e. The molecule has 0 unspecified atom stereocenters. The van der Waals surface area contributed by atoms with Gasteiger partial charge in [0.1, 0.15) is 11.2 Å². The lowest BCUT2D eigenvalue weighted by molar-refractivity contribution is -0.153. The number of rotatable bonds is 2. The van der Waals surface area contributed by atoms with Gasteiger partial charge in [0.2, 0.25) is 11.5 Å². The second kappa shape index (κ2) is 5.18. The van der Waals surface area contributed by atoms with Crippen molar-refractivity contribution in [1.82, 2.24) is 0 Å². The van der Waals surface area contributed by atoms with Crippen molar-refractivity contribution < 1.29 is 36.7 Å². The summed E-state index contributed by atoms with van der Waals surface area (Å²) in [6.07, 6.45) is -4.93. The quantitative estimate of drug-likeness (QED) is 0.784. The molecule has 0 aliphatic rings. The SMILES string of the molecule is COC(=O)c1cc(C(=O)OC(C)(C)C)oc1C(F)(F)F. The third-order valence-corrected chi connectivity index (χ3v) is 1.99. The molecule has 0 bridgehead atoms. The second-order valence-electron chi connectivity index (χ2n) is 4.84. The predicted molar refractivity (Wildman–Crippen MR) is 60.2 cm³/mol. The van der Waals surface area contributed by atoms with Crippen molar-refractivity contribution in [2.24, 2.45) is 0 Å². The number of furan rings is 1. The van der Waals surface area contributed by atoms with Gasteiger partial charge >= 0.3 is 18.1 Å². The lowest BCUT2D eigenvalue weighted by Gasteiger charge is -2.18. The van der Waals surface area contributed by atoms with Crippen LogP contribution in [0.2, 0.25) is 0 Å². The van der Waals surface area contributed by atoms with E-state index in [1.54, 1.807) is 20.8 Å². The number of carbonyl (C=O) groups excluding carboxylic acids is 2. The predicted octanol–water partition coefficient (Wildman–Crippen LogP) is 3.04. The van der Waals surface area contributed by atoms with E-state index in [-0.39, 0.29) is 0 Å². The fourth-order valence-corrected chi connectivity index (χ4v) is 1.29. The van der Waals surface area contributed by atoms with Crippen molar-refractivity contribution in [2.45, 2.75) is 32.5 Å². The number of alkyl halides is 3. The molecule has 0 aliphatic carbocycles. The zero-order valence-corrected chi connectivity index (χ0v) is 11.3. The molecule has 0 N–H and O–H groups in total. The number of ether oxygens (including phenoxy) is 2. The summed E-state index contributed by atoms with van der Waals surface area (Å²) in [6.45, 7) is 4.62. The van der Waals surface area contributed by atoms with Gasteiger partial charge in [0, 0.05) is 6.07 Å². The monoisotopic (exact) mass is 294 g/mol. The first-order valence-corrected chi connectivity index (χ1v) is 5.48. The van der Waals surface area contributed by atoms with Gasteiger partial charge < -0.3 is 13.9 Å². The van der Waals surface area contributed by atoms with Crippen LogP contribution in [0.15, 0.2) is 10.5 Å². The molecule has 0 spiro atoms. The lowest BCUT2D eigenvalue weighted by atomic mass is 10.2. The molecular formula is C12H13F3O5. The van der Waals surface area contributed by atoms with E-state index >= 15 is 0 Å². The number of esters is 2. The van der Waals surface area contributed by atoms with Gasteiger partial charge in [0.05, 0.1) is 7.11 Å². The molecule has 1 rings (SSSR count). The van der Waals surface area contributed by atoms with Gasteiger partial charge in [-0.15, -0.1) is 0 Å². The van der Waals surface area contributed by atoms with E-state index in [0.29, 0.717) is 6.07 Å². The molecule has 0 amide bonds. The van der Waals surface area contributed by atoms with Crippen LogP contribution in [0.1, 0.15) is 47.4 Å². The number of hydrogen-bond acceptors (Lipinski definition) is 5. The fraction of sp³-hybridized carbons (Fsp3) is 0.500. The van der Waals surface area contributed by atoms with Crippen LogP contribution in [0.3, 0.4) is 0 Å². The van der Waals surface area contributed by atoms with E-state index in [4.69, 9.17) is 4.74 Å². The summed E-state index contributed by atoms with van der Waals surface area (Å²) in [5, 5.41) is 0. The summed E-state index contributed by atoms with van der Waals surface area (Å²) in [4.78, 5) is 22.9. The Bertz CT molecular complexity index is 522. The smallest absolute Gasteiger partial charge is 0.450 e. The number of hydrogen-bond donors (Lipinski definition) is 0. The number of carbonyl (C=O) groups is 2. The first-order chi connectivity index (χ1) is 8.95. The van der Waals surface area contributed by atoms with Gasteiger partial charge in [-0.25, -0.2) is 9.59 Å². The van der Waals surface area contributed by atoms with Gasteiger partial charge in [0.25, 0.3) is 0 Å². The molecule has 0 aliphatic heterocycles. The topological polar surface area (TPSA) is 65.7 Å². The number of methoxy groups -OCH3 is 1. The molecule has 0 atom stereocenters. The molecule has 0 radical (unpaired) electrons. The highest BCUT2D eigenvalue weighted by molar-refractivity contribution is 5.95. The molecule has 1 aromatic rings. The van der Waals surface area contributed by atoms with Gasteiger partial charge in [-0.1, -0.05) is 0 Å². The Morgan fingerprint density at radius 1 is 1.15 bits per heavy atom. The van der Waals surface area contributed by atoms with Gasteiger partial charge in [-0.2, -0.15) is 13.2 Å². The highest BCUT2D eigenvalue weighted by atomic mass is 19.4. The summed E-state index contributed by atoms with van der Waals surface area (Å²) in [5.41, 5.74) is -1.78. The van der Waals surface area contributed by atoms with Crippen LogP contribution < -0.4 is 0 Å². The van der Waals surface area contributed by atoms with E-state index < -0.39 is 40.8 Å². The maximum Gasteiger partial charge on any atom is 0.450 e. The van der Waals surface area contributed by atoms with Crippen molar-refractivity contribution >= 4 is 11.9 Å². The number of halogens is 3. The van der Waals surface area contributed by atoms with E-state index in [0.717, 1.165) is 7.11 Å². The summed E-state index contributed by atoms with van der Waals surface area (Å²) in [7, 11) is 0.919. The largest absolute Gasteiger partial charge is 0.465 e. The average Bonchev–Trinajstić information content (AvgIpc) is 2.70. The Labute approximate surface area is 112 Å². The Morgan fingerprint density at radius 3 is 2.10 bits per heavy atom. The van der Waals surface area contributed by atoms with Crippen molar-refractivity contribution in [3.63, 3.8) is 0 Å². The van der Waals surface area contributed by atoms with Crippen molar-refractivity contribution in [3.05, 3.63) is 23.2 Å². The normalized spacial score (nSPS) is 12.2. The molecule has 1 heterocycles. The third-order valence-electron chi connectivity index (χ3n) is 1.99. The molecule has 112 valence electrons. The standard InChI is InChI=1S/C12H13F3O5/c1-11(2,3)20-10(17)7-5-6(9(16)18-4)8(19-7)12(13,14)15/h5H,1-4H3. The molecule has 5 nitrogen and oxygen atoms in total. The molecular weight excluding hydrogens is 281 g/mol. The van der Waals surface area contributed by atoms with Crippen LogP contribution in [0.4, 0.5) is 13.2 Å². The molecule has 0 fully saturated rings. The molecule has 0 saturated heterocycles. The first kappa shape index (κ1) is 16.1. The van der Waals surface area contributed by atoms with Crippen LogP contribution in [-0.4, -0.2) is 24.6 Å². The van der Waals surface area contributed by atoms with Crippen LogP contribution in [0.5, 0.6) is 0 Å². The average molecular weight is 294 g/mol. The lowest BCUT2D eigenvalue weighted by Crippen LogP contribution is -2.23. The van der Waals surface area contributed by atoms with Crippen molar-refractivity contribution in [3.8, 4) is 0 Å². The molecule has 0 saturated carbocycles. The fourth-order valence-electron chi connectivity index (χ4n) is 1.29. The van der Waals surface area contributed by atoms with Crippen LogP contribution in [-0.2, 0) is 15.7 Å². The second-order valence-corrected chi connectivity index (χ2v) is 4.84. The van der Waals surface area contributed by atoms with Gasteiger partial charge in [0.15, 0.2) is 0 Å². The van der Waals surface area contributed by atoms with Gasteiger partial charge in [-0.05, 0) is 20.8 Å². The Balaban J connectivity index is 3.22.